The van der Waals surface area contributed by atoms with Gasteiger partial charge < -0.3 is 11.1 Å². The Kier molecular flexibility index (Phi) is 3.39. The Balaban J connectivity index is 2.14. The van der Waals surface area contributed by atoms with Gasteiger partial charge >= 0.3 is 0 Å². The van der Waals surface area contributed by atoms with Crippen LogP contribution in [0.15, 0.2) is 18.2 Å². The first-order chi connectivity index (χ1) is 8.47. The lowest BCUT2D eigenvalue weighted by Crippen LogP contribution is -2.51. The average molecular weight is 250 g/mol. The van der Waals surface area contributed by atoms with E-state index in [1.165, 1.54) is 6.07 Å². The van der Waals surface area contributed by atoms with Gasteiger partial charge in [0.25, 0.3) is 0 Å². The molecule has 0 spiro atoms. The van der Waals surface area contributed by atoms with Gasteiger partial charge in [-0.25, -0.2) is 4.39 Å². The van der Waals surface area contributed by atoms with Crippen molar-refractivity contribution in [3.8, 4) is 0 Å². The summed E-state index contributed by atoms with van der Waals surface area (Å²) in [5.74, 6) is -0.0530. The lowest BCUT2D eigenvalue weighted by molar-refractivity contribution is -0.132. The van der Waals surface area contributed by atoms with Gasteiger partial charge in [0, 0.05) is 6.54 Å². The molecule has 98 valence electrons. The summed E-state index contributed by atoms with van der Waals surface area (Å²) in [6.45, 7) is 4.27. The van der Waals surface area contributed by atoms with Crippen LogP contribution in [0.3, 0.4) is 0 Å². The number of aryl methyl sites for hydroxylation is 1. The van der Waals surface area contributed by atoms with Crippen molar-refractivity contribution in [1.29, 1.82) is 0 Å². The van der Waals surface area contributed by atoms with Crippen molar-refractivity contribution >= 4 is 11.6 Å². The Morgan fingerprint density at radius 1 is 1.56 bits per heavy atom. The Labute approximate surface area is 107 Å². The topological polar surface area (TPSA) is 55.1 Å². The Morgan fingerprint density at radius 3 is 2.78 bits per heavy atom. The number of nitrogens with one attached hydrogen (secondary N) is 1. The summed E-state index contributed by atoms with van der Waals surface area (Å²) in [7, 11) is 0. The summed E-state index contributed by atoms with van der Waals surface area (Å²) in [6, 6.07) is 4.68. The molecule has 0 heterocycles. The fraction of sp³-hybridized carbons (Fsp3) is 0.500. The second kappa shape index (κ2) is 4.69. The summed E-state index contributed by atoms with van der Waals surface area (Å²) in [6.07, 6.45) is 1.56. The van der Waals surface area contributed by atoms with Gasteiger partial charge in [-0.2, -0.15) is 0 Å². The Bertz CT molecular complexity index is 467. The molecule has 1 fully saturated rings. The Hall–Kier alpha value is -1.42. The van der Waals surface area contributed by atoms with E-state index in [-0.39, 0.29) is 11.6 Å². The molecular weight excluding hydrogens is 231 g/mol. The molecule has 0 atom stereocenters. The number of carbonyl (C=O) groups is 1. The smallest absolute Gasteiger partial charge is 0.231 e. The van der Waals surface area contributed by atoms with E-state index in [0.717, 1.165) is 18.4 Å². The van der Waals surface area contributed by atoms with Crippen molar-refractivity contribution in [2.24, 2.45) is 17.1 Å². The minimum Gasteiger partial charge on any atom is -0.329 e. The summed E-state index contributed by atoms with van der Waals surface area (Å²) in [5.41, 5.74) is 6.35. The first-order valence-electron chi connectivity index (χ1n) is 6.24. The number of anilines is 1. The number of nitrogens with two attached hydrogens (primary N) is 1. The third-order valence-corrected chi connectivity index (χ3v) is 3.72. The molecular formula is C14H19FN2O. The second-order valence-corrected chi connectivity index (χ2v) is 5.44. The number of halogens is 1. The number of hydrogen-bond acceptors (Lipinski definition) is 2. The summed E-state index contributed by atoms with van der Waals surface area (Å²) < 4.78 is 13.6. The maximum absolute atomic E-state index is 13.6. The predicted molar refractivity (Wildman–Crippen MR) is 69.7 cm³/mol. The fourth-order valence-electron chi connectivity index (χ4n) is 2.71. The van der Waals surface area contributed by atoms with Gasteiger partial charge in [-0.05, 0) is 43.4 Å². The van der Waals surface area contributed by atoms with Crippen LogP contribution >= 0.6 is 0 Å². The predicted octanol–water partition coefficient (Wildman–Crippen LogP) is 2.45. The van der Waals surface area contributed by atoms with Crippen LogP contribution in [0.4, 0.5) is 10.1 Å². The van der Waals surface area contributed by atoms with Crippen LogP contribution in [-0.4, -0.2) is 12.5 Å². The van der Waals surface area contributed by atoms with E-state index in [9.17, 15) is 9.18 Å². The second-order valence-electron chi connectivity index (χ2n) is 5.44. The summed E-state index contributed by atoms with van der Waals surface area (Å²) in [5, 5.41) is 2.67. The zero-order valence-corrected chi connectivity index (χ0v) is 10.8. The molecule has 1 aliphatic carbocycles. The zero-order valence-electron chi connectivity index (χ0n) is 10.8. The van der Waals surface area contributed by atoms with Gasteiger partial charge in [0.05, 0.1) is 11.1 Å². The molecule has 0 aliphatic heterocycles. The highest BCUT2D eigenvalue weighted by Gasteiger charge is 2.47. The maximum atomic E-state index is 13.6. The van der Waals surface area contributed by atoms with Gasteiger partial charge in [0.1, 0.15) is 5.82 Å². The van der Waals surface area contributed by atoms with Gasteiger partial charge in [-0.1, -0.05) is 13.0 Å². The number of carbonyl (C=O) groups excluding carboxylic acids is 1. The molecule has 2 rings (SSSR count). The molecule has 0 radical (unpaired) electrons. The molecule has 4 heteroatoms. The van der Waals surface area contributed by atoms with Crippen LogP contribution in [0, 0.1) is 24.1 Å². The lowest BCUT2D eigenvalue weighted by atomic mass is 9.62. The van der Waals surface area contributed by atoms with E-state index in [4.69, 9.17) is 5.73 Å². The standard InChI is InChI=1S/C14H19FN2O/c1-9-3-4-11(15)12(5-9)17-13(18)14(8-16)6-10(2)7-14/h3-5,10H,6-8,16H2,1-2H3,(H,17,18). The highest BCUT2D eigenvalue weighted by Crippen LogP contribution is 2.45. The minimum atomic E-state index is -0.504. The number of hydrogen-bond donors (Lipinski definition) is 2. The normalized spacial score (nSPS) is 26.6. The van der Waals surface area contributed by atoms with Crippen LogP contribution in [0.25, 0.3) is 0 Å². The molecule has 3 N–H and O–H groups in total. The molecule has 0 bridgehead atoms. The molecule has 0 aromatic heterocycles. The van der Waals surface area contributed by atoms with Crippen molar-refractivity contribution in [3.63, 3.8) is 0 Å². The van der Waals surface area contributed by atoms with Gasteiger partial charge in [0.2, 0.25) is 5.91 Å². The third kappa shape index (κ3) is 2.25. The van der Waals surface area contributed by atoms with Crippen molar-refractivity contribution in [3.05, 3.63) is 29.6 Å². The highest BCUT2D eigenvalue weighted by molar-refractivity contribution is 5.96. The van der Waals surface area contributed by atoms with E-state index in [1.54, 1.807) is 12.1 Å². The van der Waals surface area contributed by atoms with Crippen molar-refractivity contribution in [2.75, 3.05) is 11.9 Å². The monoisotopic (exact) mass is 250 g/mol. The van der Waals surface area contributed by atoms with Crippen LogP contribution in [-0.2, 0) is 4.79 Å². The SMILES string of the molecule is Cc1ccc(F)c(NC(=O)C2(CN)CC(C)C2)c1. The molecule has 1 aromatic rings. The van der Waals surface area contributed by atoms with E-state index in [2.05, 4.69) is 12.2 Å². The minimum absolute atomic E-state index is 0.160. The van der Waals surface area contributed by atoms with E-state index >= 15 is 0 Å². The first kappa shape index (κ1) is 13.0. The zero-order chi connectivity index (χ0) is 13.3. The highest BCUT2D eigenvalue weighted by atomic mass is 19.1. The van der Waals surface area contributed by atoms with Crippen molar-refractivity contribution < 1.29 is 9.18 Å². The molecule has 1 aliphatic rings. The van der Waals surface area contributed by atoms with E-state index in [1.807, 2.05) is 6.92 Å². The molecule has 1 amide bonds. The molecule has 18 heavy (non-hydrogen) atoms. The fourth-order valence-corrected chi connectivity index (χ4v) is 2.71. The van der Waals surface area contributed by atoms with Crippen LogP contribution < -0.4 is 11.1 Å². The van der Waals surface area contributed by atoms with Crippen molar-refractivity contribution in [1.82, 2.24) is 0 Å². The Morgan fingerprint density at radius 2 is 2.22 bits per heavy atom. The first-order valence-corrected chi connectivity index (χ1v) is 6.24. The number of benzene rings is 1. The number of amides is 1. The molecule has 1 aromatic carbocycles. The van der Waals surface area contributed by atoms with E-state index in [0.29, 0.717) is 12.5 Å². The van der Waals surface area contributed by atoms with Crippen LogP contribution in [0.2, 0.25) is 0 Å². The van der Waals surface area contributed by atoms with Gasteiger partial charge in [-0.3, -0.25) is 4.79 Å². The summed E-state index contributed by atoms with van der Waals surface area (Å²) >= 11 is 0. The largest absolute Gasteiger partial charge is 0.329 e. The van der Waals surface area contributed by atoms with Crippen molar-refractivity contribution in [2.45, 2.75) is 26.7 Å². The maximum Gasteiger partial charge on any atom is 0.231 e. The lowest BCUT2D eigenvalue weighted by Gasteiger charge is -2.44. The summed E-state index contributed by atoms with van der Waals surface area (Å²) in [4.78, 5) is 12.2. The molecule has 1 saturated carbocycles. The molecule has 3 nitrogen and oxygen atoms in total. The molecule has 0 unspecified atom stereocenters. The van der Waals surface area contributed by atoms with Crippen LogP contribution in [0.1, 0.15) is 25.3 Å². The average Bonchev–Trinajstić information content (AvgIpc) is 2.29. The van der Waals surface area contributed by atoms with Gasteiger partial charge in [-0.15, -0.1) is 0 Å². The quantitative estimate of drug-likeness (QED) is 0.865. The van der Waals surface area contributed by atoms with Gasteiger partial charge in [0.15, 0.2) is 0 Å². The van der Waals surface area contributed by atoms with E-state index < -0.39 is 11.2 Å². The van der Waals surface area contributed by atoms with Crippen LogP contribution in [0.5, 0.6) is 0 Å². The third-order valence-electron chi connectivity index (χ3n) is 3.72. The number of rotatable bonds is 3. The molecule has 0 saturated heterocycles.